The minimum atomic E-state index is -1.10. The molecule has 1 amide bonds. The van der Waals surface area contributed by atoms with Crippen LogP contribution >= 0.6 is 0 Å². The van der Waals surface area contributed by atoms with Crippen LogP contribution < -0.4 is 0 Å². The molecule has 6 nitrogen and oxygen atoms in total. The number of aliphatic hydroxyl groups excluding tert-OH is 1. The molecule has 0 spiro atoms. The monoisotopic (exact) mass is 377 g/mol. The Bertz CT molecular complexity index is 993. The summed E-state index contributed by atoms with van der Waals surface area (Å²) in [7, 11) is 0. The average molecular weight is 377 g/mol. The number of carbonyl (C=O) groups is 1. The number of carbonyl (C=O) groups excluding carboxylic acids is 1. The molecule has 1 atom stereocenters. The van der Waals surface area contributed by atoms with Crippen molar-refractivity contribution in [3.63, 3.8) is 0 Å². The number of nitrogens with zero attached hydrogens (tertiary/aromatic N) is 3. The molecule has 0 aliphatic carbocycles. The normalized spacial score (nSPS) is 20.1. The van der Waals surface area contributed by atoms with Gasteiger partial charge in [0.1, 0.15) is 0 Å². The van der Waals surface area contributed by atoms with Crippen LogP contribution in [-0.4, -0.2) is 56.3 Å². The van der Waals surface area contributed by atoms with E-state index >= 15 is 0 Å². The second-order valence-corrected chi connectivity index (χ2v) is 7.34. The average Bonchev–Trinajstić information content (AvgIpc) is 2.95. The van der Waals surface area contributed by atoms with Crippen LogP contribution in [0.4, 0.5) is 0 Å². The number of fused-ring (bicyclic) bond motifs is 1. The SMILES string of the molecule is O=C(c1cc(-c2ccncc2)nc2ccccc12)N1CCCC(O)(CO)CC1. The molecule has 1 aliphatic heterocycles. The minimum absolute atomic E-state index is 0.0731. The molecule has 0 radical (unpaired) electrons. The van der Waals surface area contributed by atoms with Crippen LogP contribution in [-0.2, 0) is 0 Å². The summed E-state index contributed by atoms with van der Waals surface area (Å²) in [4.78, 5) is 23.9. The number of para-hydroxylation sites is 1. The molecule has 2 aromatic heterocycles. The minimum Gasteiger partial charge on any atom is -0.393 e. The predicted molar refractivity (Wildman–Crippen MR) is 107 cm³/mol. The van der Waals surface area contributed by atoms with Crippen molar-refractivity contribution < 1.29 is 15.0 Å². The van der Waals surface area contributed by atoms with Crippen molar-refractivity contribution in [2.75, 3.05) is 19.7 Å². The highest BCUT2D eigenvalue weighted by Gasteiger charge is 2.31. The fraction of sp³-hybridized carbons (Fsp3) is 0.318. The molecule has 1 saturated heterocycles. The molecule has 0 bridgehead atoms. The van der Waals surface area contributed by atoms with Crippen molar-refractivity contribution in [3.05, 3.63) is 60.4 Å². The Labute approximate surface area is 163 Å². The number of likely N-dealkylation sites (tertiary alicyclic amines) is 1. The van der Waals surface area contributed by atoms with Gasteiger partial charge >= 0.3 is 0 Å². The molecule has 144 valence electrons. The van der Waals surface area contributed by atoms with Gasteiger partial charge in [-0.3, -0.25) is 9.78 Å². The standard InChI is InChI=1S/C22H23N3O3/c26-15-22(28)8-3-12-25(13-9-22)21(27)18-14-20(16-6-10-23-11-7-16)24-19-5-2-1-4-17(18)19/h1-2,4-7,10-11,14,26,28H,3,8-9,12-13,15H2. The van der Waals surface area contributed by atoms with Crippen LogP contribution in [0, 0.1) is 0 Å². The highest BCUT2D eigenvalue weighted by atomic mass is 16.3. The van der Waals surface area contributed by atoms with Gasteiger partial charge in [0.2, 0.25) is 0 Å². The van der Waals surface area contributed by atoms with Gasteiger partial charge in [0.15, 0.2) is 0 Å². The van der Waals surface area contributed by atoms with E-state index in [4.69, 9.17) is 4.98 Å². The largest absolute Gasteiger partial charge is 0.393 e. The van der Waals surface area contributed by atoms with E-state index in [1.807, 2.05) is 42.5 Å². The predicted octanol–water partition coefficient (Wildman–Crippen LogP) is 2.65. The molecule has 3 aromatic rings. The van der Waals surface area contributed by atoms with Crippen LogP contribution in [0.3, 0.4) is 0 Å². The van der Waals surface area contributed by atoms with E-state index in [0.717, 1.165) is 22.2 Å². The lowest BCUT2D eigenvalue weighted by Gasteiger charge is -2.25. The van der Waals surface area contributed by atoms with Gasteiger partial charge in [-0.15, -0.1) is 0 Å². The number of aliphatic hydroxyl groups is 2. The van der Waals surface area contributed by atoms with Gasteiger partial charge in [0.25, 0.3) is 5.91 Å². The zero-order valence-electron chi connectivity index (χ0n) is 15.6. The Kier molecular flexibility index (Phi) is 5.07. The van der Waals surface area contributed by atoms with Gasteiger partial charge in [-0.05, 0) is 43.5 Å². The van der Waals surface area contributed by atoms with Gasteiger partial charge in [-0.2, -0.15) is 0 Å². The number of rotatable bonds is 3. The molecule has 6 heteroatoms. The van der Waals surface area contributed by atoms with Crippen LogP contribution in [0.5, 0.6) is 0 Å². The molecule has 1 aliphatic rings. The van der Waals surface area contributed by atoms with E-state index in [-0.39, 0.29) is 12.5 Å². The Balaban J connectivity index is 1.74. The zero-order valence-corrected chi connectivity index (χ0v) is 15.6. The van der Waals surface area contributed by atoms with E-state index < -0.39 is 5.60 Å². The lowest BCUT2D eigenvalue weighted by atomic mass is 9.96. The van der Waals surface area contributed by atoms with Crippen molar-refractivity contribution in [1.82, 2.24) is 14.9 Å². The Morgan fingerprint density at radius 1 is 1.11 bits per heavy atom. The number of pyridine rings is 2. The molecule has 1 unspecified atom stereocenters. The first-order valence-electron chi connectivity index (χ1n) is 9.52. The lowest BCUT2D eigenvalue weighted by Crippen LogP contribution is -2.36. The summed E-state index contributed by atoms with van der Waals surface area (Å²) in [6.07, 6.45) is 4.93. The Morgan fingerprint density at radius 3 is 2.68 bits per heavy atom. The molecule has 1 aromatic carbocycles. The molecule has 28 heavy (non-hydrogen) atoms. The van der Waals surface area contributed by atoms with E-state index in [2.05, 4.69) is 4.98 Å². The second-order valence-electron chi connectivity index (χ2n) is 7.34. The third-order valence-electron chi connectivity index (χ3n) is 5.42. The molecule has 4 rings (SSSR count). The summed E-state index contributed by atoms with van der Waals surface area (Å²) in [6.45, 7) is 0.693. The number of benzene rings is 1. The van der Waals surface area contributed by atoms with Crippen molar-refractivity contribution in [3.8, 4) is 11.3 Å². The summed E-state index contributed by atoms with van der Waals surface area (Å²) in [6, 6.07) is 13.2. The van der Waals surface area contributed by atoms with Crippen molar-refractivity contribution in [2.45, 2.75) is 24.9 Å². The molecule has 0 saturated carbocycles. The van der Waals surface area contributed by atoms with Gasteiger partial charge in [0.05, 0.1) is 29.0 Å². The van der Waals surface area contributed by atoms with E-state index in [0.29, 0.717) is 37.9 Å². The molecule has 3 heterocycles. The Morgan fingerprint density at radius 2 is 1.89 bits per heavy atom. The molecular weight excluding hydrogens is 354 g/mol. The zero-order chi connectivity index (χ0) is 19.6. The lowest BCUT2D eigenvalue weighted by molar-refractivity contribution is -0.0250. The first-order chi connectivity index (χ1) is 13.6. The van der Waals surface area contributed by atoms with Crippen LogP contribution in [0.1, 0.15) is 29.6 Å². The summed E-state index contributed by atoms with van der Waals surface area (Å²) in [5.74, 6) is -0.0731. The molecule has 2 N–H and O–H groups in total. The summed E-state index contributed by atoms with van der Waals surface area (Å²) >= 11 is 0. The highest BCUT2D eigenvalue weighted by molar-refractivity contribution is 6.07. The maximum Gasteiger partial charge on any atom is 0.254 e. The third kappa shape index (κ3) is 3.61. The van der Waals surface area contributed by atoms with Crippen LogP contribution in [0.15, 0.2) is 54.9 Å². The van der Waals surface area contributed by atoms with Gasteiger partial charge in [0, 0.05) is 36.4 Å². The highest BCUT2D eigenvalue weighted by Crippen LogP contribution is 2.28. The maximum absolute atomic E-state index is 13.4. The number of amides is 1. The quantitative estimate of drug-likeness (QED) is 0.733. The number of hydrogen-bond donors (Lipinski definition) is 2. The summed E-state index contributed by atoms with van der Waals surface area (Å²) in [5.41, 5.74) is 1.90. The van der Waals surface area contributed by atoms with Gasteiger partial charge in [-0.1, -0.05) is 18.2 Å². The molecule has 1 fully saturated rings. The van der Waals surface area contributed by atoms with Gasteiger partial charge < -0.3 is 15.1 Å². The smallest absolute Gasteiger partial charge is 0.254 e. The van der Waals surface area contributed by atoms with Crippen molar-refractivity contribution in [2.24, 2.45) is 0 Å². The first kappa shape index (κ1) is 18.5. The third-order valence-corrected chi connectivity index (χ3v) is 5.42. The fourth-order valence-corrected chi connectivity index (χ4v) is 3.73. The van der Waals surface area contributed by atoms with Crippen molar-refractivity contribution >= 4 is 16.8 Å². The van der Waals surface area contributed by atoms with E-state index in [1.165, 1.54) is 0 Å². The van der Waals surface area contributed by atoms with E-state index in [1.54, 1.807) is 17.3 Å². The van der Waals surface area contributed by atoms with Crippen LogP contribution in [0.2, 0.25) is 0 Å². The Hall–Kier alpha value is -2.83. The summed E-state index contributed by atoms with van der Waals surface area (Å²) < 4.78 is 0. The first-order valence-corrected chi connectivity index (χ1v) is 9.52. The molecular formula is C22H23N3O3. The second kappa shape index (κ2) is 7.66. The fourth-order valence-electron chi connectivity index (χ4n) is 3.73. The maximum atomic E-state index is 13.4. The summed E-state index contributed by atoms with van der Waals surface area (Å²) in [5, 5.41) is 20.7. The van der Waals surface area contributed by atoms with E-state index in [9.17, 15) is 15.0 Å². The topological polar surface area (TPSA) is 86.6 Å². The number of hydrogen-bond acceptors (Lipinski definition) is 5. The van der Waals surface area contributed by atoms with Crippen molar-refractivity contribution in [1.29, 1.82) is 0 Å². The number of aromatic nitrogens is 2. The van der Waals surface area contributed by atoms with Crippen LogP contribution in [0.25, 0.3) is 22.2 Å². The van der Waals surface area contributed by atoms with Gasteiger partial charge in [-0.25, -0.2) is 4.98 Å².